The highest BCUT2D eigenvalue weighted by molar-refractivity contribution is 7.22. The first-order chi connectivity index (χ1) is 13.2. The number of ether oxygens (including phenoxy) is 1. The Bertz CT molecular complexity index is 969. The molecule has 0 spiro atoms. The number of carbonyl (C=O) groups excluding carboxylic acids is 1. The normalized spacial score (nSPS) is 14.2. The third-order valence-corrected chi connectivity index (χ3v) is 5.85. The van der Waals surface area contributed by atoms with E-state index in [0.29, 0.717) is 25.2 Å². The topological polar surface area (TPSA) is 54.5 Å². The molecule has 27 heavy (non-hydrogen) atoms. The van der Waals surface area contributed by atoms with Gasteiger partial charge in [0.1, 0.15) is 17.1 Å². The first-order valence-electron chi connectivity index (χ1n) is 8.85. The van der Waals surface area contributed by atoms with Gasteiger partial charge in [0.2, 0.25) is 5.91 Å². The zero-order valence-corrected chi connectivity index (χ0v) is 15.8. The largest absolute Gasteiger partial charge is 0.496 e. The van der Waals surface area contributed by atoms with Crippen LogP contribution >= 0.6 is 11.3 Å². The smallest absolute Gasteiger partial charge is 0.226 e. The molecule has 1 amide bonds. The molecule has 1 aliphatic rings. The highest BCUT2D eigenvalue weighted by Crippen LogP contribution is 2.33. The Morgan fingerprint density at radius 1 is 1.30 bits per heavy atom. The number of amides is 1. The molecular weight excluding hydrogens is 365 g/mol. The summed E-state index contributed by atoms with van der Waals surface area (Å²) in [7, 11) is 1.65. The number of hydrogen-bond acceptors (Lipinski definition) is 5. The number of carbonyl (C=O) groups is 1. The van der Waals surface area contributed by atoms with E-state index in [1.807, 2.05) is 35.2 Å². The van der Waals surface area contributed by atoms with Gasteiger partial charge in [0.05, 0.1) is 17.7 Å². The van der Waals surface area contributed by atoms with Crippen molar-refractivity contribution in [2.24, 2.45) is 5.92 Å². The van der Waals surface area contributed by atoms with Crippen LogP contribution in [0.4, 0.5) is 9.52 Å². The molecule has 140 valence electrons. The van der Waals surface area contributed by atoms with Crippen LogP contribution in [0, 0.1) is 11.7 Å². The fourth-order valence-corrected chi connectivity index (χ4v) is 4.21. The number of para-hydroxylation sites is 2. The highest BCUT2D eigenvalue weighted by Gasteiger charge is 2.34. The molecule has 3 aromatic rings. The summed E-state index contributed by atoms with van der Waals surface area (Å²) < 4.78 is 19.9. The van der Waals surface area contributed by atoms with Crippen molar-refractivity contribution in [3.63, 3.8) is 0 Å². The van der Waals surface area contributed by atoms with Gasteiger partial charge < -0.3 is 15.0 Å². The molecule has 1 aliphatic heterocycles. The van der Waals surface area contributed by atoms with Gasteiger partial charge in [-0.1, -0.05) is 35.6 Å². The van der Waals surface area contributed by atoms with Crippen molar-refractivity contribution in [3.05, 3.63) is 53.8 Å². The van der Waals surface area contributed by atoms with Gasteiger partial charge in [0.25, 0.3) is 0 Å². The van der Waals surface area contributed by atoms with Crippen LogP contribution in [0.15, 0.2) is 42.5 Å². The van der Waals surface area contributed by atoms with E-state index < -0.39 is 0 Å². The van der Waals surface area contributed by atoms with Crippen molar-refractivity contribution >= 4 is 32.6 Å². The minimum absolute atomic E-state index is 0.0495. The van der Waals surface area contributed by atoms with Crippen LogP contribution in [-0.4, -0.2) is 37.6 Å². The number of halogens is 1. The molecular formula is C20H20FN3O2S. The Morgan fingerprint density at radius 3 is 2.89 bits per heavy atom. The second kappa shape index (κ2) is 7.52. The molecule has 5 nitrogen and oxygen atoms in total. The van der Waals surface area contributed by atoms with Crippen LogP contribution in [0.3, 0.4) is 0 Å². The molecule has 1 N–H and O–H groups in total. The number of fused-ring (bicyclic) bond motifs is 1. The van der Waals surface area contributed by atoms with Crippen LogP contribution in [0.25, 0.3) is 10.2 Å². The first kappa shape index (κ1) is 17.7. The van der Waals surface area contributed by atoms with E-state index in [0.717, 1.165) is 27.6 Å². The number of hydrogen-bond donors (Lipinski definition) is 1. The van der Waals surface area contributed by atoms with Crippen molar-refractivity contribution in [2.45, 2.75) is 6.42 Å². The third-order valence-electron chi connectivity index (χ3n) is 4.77. The first-order valence-corrected chi connectivity index (χ1v) is 9.67. The molecule has 0 bridgehead atoms. The Balaban J connectivity index is 1.28. The van der Waals surface area contributed by atoms with E-state index in [2.05, 4.69) is 10.3 Å². The van der Waals surface area contributed by atoms with Crippen LogP contribution in [0.2, 0.25) is 0 Å². The fraction of sp³-hybridized carbons (Fsp3) is 0.300. The lowest BCUT2D eigenvalue weighted by Gasteiger charge is -2.37. The lowest BCUT2D eigenvalue weighted by molar-refractivity contribution is -0.125. The molecule has 2 heterocycles. The summed E-state index contributed by atoms with van der Waals surface area (Å²) in [6.45, 7) is 1.80. The van der Waals surface area contributed by atoms with Gasteiger partial charge in [-0.25, -0.2) is 9.37 Å². The molecule has 0 radical (unpaired) electrons. The third kappa shape index (κ3) is 3.60. The SMILES string of the molecule is COc1ccccc1CCNC(=O)C1CN(c2nc3c(F)cccc3s2)C1. The predicted molar refractivity (Wildman–Crippen MR) is 105 cm³/mol. The fourth-order valence-electron chi connectivity index (χ4n) is 3.21. The molecule has 1 aromatic heterocycles. The maximum Gasteiger partial charge on any atom is 0.226 e. The maximum atomic E-state index is 13.8. The van der Waals surface area contributed by atoms with Crippen molar-refractivity contribution in [3.8, 4) is 5.75 Å². The van der Waals surface area contributed by atoms with Crippen molar-refractivity contribution in [1.29, 1.82) is 0 Å². The maximum absolute atomic E-state index is 13.8. The van der Waals surface area contributed by atoms with Gasteiger partial charge in [0.15, 0.2) is 5.13 Å². The zero-order valence-electron chi connectivity index (χ0n) is 14.9. The van der Waals surface area contributed by atoms with Crippen LogP contribution in [0.5, 0.6) is 5.75 Å². The van der Waals surface area contributed by atoms with Gasteiger partial charge in [0, 0.05) is 19.6 Å². The second-order valence-corrected chi connectivity index (χ2v) is 7.55. The predicted octanol–water partition coefficient (Wildman–Crippen LogP) is 3.24. The Hall–Kier alpha value is -2.67. The van der Waals surface area contributed by atoms with Gasteiger partial charge in [-0.15, -0.1) is 0 Å². The van der Waals surface area contributed by atoms with E-state index in [-0.39, 0.29) is 17.6 Å². The average molecular weight is 385 g/mol. The number of nitrogens with one attached hydrogen (secondary N) is 1. The Morgan fingerprint density at radius 2 is 2.11 bits per heavy atom. The summed E-state index contributed by atoms with van der Waals surface area (Å²) >= 11 is 1.46. The number of methoxy groups -OCH3 is 1. The summed E-state index contributed by atoms with van der Waals surface area (Å²) in [6, 6.07) is 12.8. The van der Waals surface area contributed by atoms with Crippen LogP contribution in [-0.2, 0) is 11.2 Å². The molecule has 2 aromatic carbocycles. The Kier molecular flexibility index (Phi) is 4.94. The summed E-state index contributed by atoms with van der Waals surface area (Å²) in [4.78, 5) is 18.7. The summed E-state index contributed by atoms with van der Waals surface area (Å²) in [5.74, 6) is 0.527. The second-order valence-electron chi connectivity index (χ2n) is 6.54. The lowest BCUT2D eigenvalue weighted by atomic mass is 10.00. The summed E-state index contributed by atoms with van der Waals surface area (Å²) in [5, 5.41) is 3.77. The summed E-state index contributed by atoms with van der Waals surface area (Å²) in [5.41, 5.74) is 1.48. The molecule has 1 fully saturated rings. The summed E-state index contributed by atoms with van der Waals surface area (Å²) in [6.07, 6.45) is 0.726. The van der Waals surface area contributed by atoms with Crippen LogP contribution < -0.4 is 15.0 Å². The standard InChI is InChI=1S/C20H20FN3O2S/c1-26-16-7-3-2-5-13(16)9-10-22-19(25)14-11-24(12-14)20-23-18-15(21)6-4-8-17(18)27-20/h2-8,14H,9-12H2,1H3,(H,22,25). The lowest BCUT2D eigenvalue weighted by Crippen LogP contribution is -2.54. The van der Waals surface area contributed by atoms with Crippen molar-refractivity contribution < 1.29 is 13.9 Å². The highest BCUT2D eigenvalue weighted by atomic mass is 32.1. The van der Waals surface area contributed by atoms with Gasteiger partial charge in [-0.2, -0.15) is 0 Å². The zero-order chi connectivity index (χ0) is 18.8. The average Bonchev–Trinajstić information content (AvgIpc) is 3.06. The minimum Gasteiger partial charge on any atom is -0.496 e. The van der Waals surface area contributed by atoms with Crippen LogP contribution in [0.1, 0.15) is 5.56 Å². The molecule has 0 atom stereocenters. The van der Waals surface area contributed by atoms with E-state index >= 15 is 0 Å². The molecule has 0 aliphatic carbocycles. The van der Waals surface area contributed by atoms with E-state index in [1.165, 1.54) is 17.4 Å². The van der Waals surface area contributed by atoms with E-state index in [9.17, 15) is 9.18 Å². The number of nitrogens with zero attached hydrogens (tertiary/aromatic N) is 2. The number of anilines is 1. The van der Waals surface area contributed by atoms with Gasteiger partial charge in [-0.05, 0) is 30.2 Å². The molecule has 1 saturated heterocycles. The molecule has 4 rings (SSSR count). The van der Waals surface area contributed by atoms with E-state index in [1.54, 1.807) is 13.2 Å². The molecule has 0 saturated carbocycles. The monoisotopic (exact) mass is 385 g/mol. The quantitative estimate of drug-likeness (QED) is 0.708. The van der Waals surface area contributed by atoms with Crippen molar-refractivity contribution in [2.75, 3.05) is 31.6 Å². The number of rotatable bonds is 6. The number of benzene rings is 2. The number of aromatic nitrogens is 1. The minimum atomic E-state index is -0.304. The molecule has 0 unspecified atom stereocenters. The number of thiazole rings is 1. The van der Waals surface area contributed by atoms with E-state index in [4.69, 9.17) is 4.74 Å². The van der Waals surface area contributed by atoms with Gasteiger partial charge in [-0.3, -0.25) is 4.79 Å². The van der Waals surface area contributed by atoms with Gasteiger partial charge >= 0.3 is 0 Å². The molecule has 7 heteroatoms. The van der Waals surface area contributed by atoms with Crippen molar-refractivity contribution in [1.82, 2.24) is 10.3 Å². The Labute approximate surface area is 160 Å².